The van der Waals surface area contributed by atoms with Crippen molar-refractivity contribution in [3.05, 3.63) is 57.4 Å². The normalized spacial score (nSPS) is 10.8. The first kappa shape index (κ1) is 16.6. The molecule has 118 valence electrons. The van der Waals surface area contributed by atoms with E-state index in [2.05, 4.69) is 10.0 Å². The van der Waals surface area contributed by atoms with Gasteiger partial charge in [-0.25, -0.2) is 4.79 Å². The average Bonchev–Trinajstić information content (AvgIpc) is 3.03. The van der Waals surface area contributed by atoms with E-state index in [4.69, 9.17) is 15.0 Å². The monoisotopic (exact) mass is 329 g/mol. The number of carbonyl (C=O) groups excluding carboxylic acids is 1. The zero-order valence-corrected chi connectivity index (χ0v) is 13.5. The van der Waals surface area contributed by atoms with Gasteiger partial charge in [0.15, 0.2) is 0 Å². The van der Waals surface area contributed by atoms with Crippen LogP contribution in [-0.4, -0.2) is 19.7 Å². The second kappa shape index (κ2) is 8.03. The largest absolute Gasteiger partial charge is 0.497 e. The SMILES string of the molecule is CCOC(=O)/C(=C/c1ccc(-c2ccc(OC)cc2)s1)N=[N+]=[N-]. The molecule has 0 spiro atoms. The highest BCUT2D eigenvalue weighted by atomic mass is 32.1. The van der Waals surface area contributed by atoms with Crippen molar-refractivity contribution >= 4 is 23.4 Å². The summed E-state index contributed by atoms with van der Waals surface area (Å²) in [5.41, 5.74) is 9.55. The first-order valence-corrected chi connectivity index (χ1v) is 7.67. The first-order valence-electron chi connectivity index (χ1n) is 6.86. The van der Waals surface area contributed by atoms with Crippen LogP contribution in [0.4, 0.5) is 0 Å². The molecule has 0 saturated carbocycles. The van der Waals surface area contributed by atoms with Crippen molar-refractivity contribution in [2.45, 2.75) is 6.92 Å². The Morgan fingerprint density at radius 1 is 1.30 bits per heavy atom. The Labute approximate surface area is 137 Å². The molecule has 1 aromatic carbocycles. The number of esters is 1. The van der Waals surface area contributed by atoms with E-state index in [0.29, 0.717) is 0 Å². The molecule has 0 aliphatic carbocycles. The lowest BCUT2D eigenvalue weighted by atomic mass is 10.2. The number of thiophene rings is 1. The van der Waals surface area contributed by atoms with Crippen LogP contribution in [0.1, 0.15) is 11.8 Å². The molecule has 2 rings (SSSR count). The molecule has 0 atom stereocenters. The number of carbonyl (C=O) groups is 1. The highest BCUT2D eigenvalue weighted by molar-refractivity contribution is 7.16. The predicted octanol–water partition coefficient (Wildman–Crippen LogP) is 4.64. The number of azide groups is 1. The number of benzene rings is 1. The van der Waals surface area contributed by atoms with Crippen LogP contribution in [0.5, 0.6) is 5.75 Å². The standard InChI is InChI=1S/C16H15N3O3S/c1-3-22-16(20)14(18-19-17)10-13-8-9-15(23-13)11-4-6-12(21-2)7-5-11/h4-10H,3H2,1-2H3/b14-10-. The summed E-state index contributed by atoms with van der Waals surface area (Å²) in [6.07, 6.45) is 1.52. The number of hydrogen-bond acceptors (Lipinski definition) is 5. The Kier molecular flexibility index (Phi) is 5.80. The minimum atomic E-state index is -0.635. The van der Waals surface area contributed by atoms with E-state index in [-0.39, 0.29) is 12.3 Å². The predicted molar refractivity (Wildman–Crippen MR) is 90.1 cm³/mol. The van der Waals surface area contributed by atoms with Crippen molar-refractivity contribution in [3.8, 4) is 16.2 Å². The highest BCUT2D eigenvalue weighted by Crippen LogP contribution is 2.30. The van der Waals surface area contributed by atoms with Gasteiger partial charge in [-0.15, -0.1) is 11.3 Å². The van der Waals surface area contributed by atoms with Gasteiger partial charge in [-0.05, 0) is 60.5 Å². The lowest BCUT2D eigenvalue weighted by Crippen LogP contribution is -2.05. The summed E-state index contributed by atoms with van der Waals surface area (Å²) >= 11 is 1.48. The maximum absolute atomic E-state index is 11.7. The van der Waals surface area contributed by atoms with Crippen LogP contribution >= 0.6 is 11.3 Å². The third-order valence-electron chi connectivity index (χ3n) is 2.92. The van der Waals surface area contributed by atoms with Crippen LogP contribution in [-0.2, 0) is 9.53 Å². The lowest BCUT2D eigenvalue weighted by Gasteiger charge is -2.01. The molecule has 23 heavy (non-hydrogen) atoms. The van der Waals surface area contributed by atoms with Crippen LogP contribution in [0, 0.1) is 0 Å². The van der Waals surface area contributed by atoms with E-state index in [1.807, 2.05) is 36.4 Å². The summed E-state index contributed by atoms with van der Waals surface area (Å²) in [5.74, 6) is 0.156. The van der Waals surface area contributed by atoms with E-state index in [0.717, 1.165) is 21.1 Å². The first-order chi connectivity index (χ1) is 11.2. The summed E-state index contributed by atoms with van der Waals surface area (Å²) in [6, 6.07) is 11.5. The molecule has 0 saturated heterocycles. The Morgan fingerprint density at radius 3 is 2.65 bits per heavy atom. The second-order valence-electron chi connectivity index (χ2n) is 4.37. The third kappa shape index (κ3) is 4.35. The number of ether oxygens (including phenoxy) is 2. The molecule has 0 bridgehead atoms. The quantitative estimate of drug-likeness (QED) is 0.254. The molecule has 0 fully saturated rings. The van der Waals surface area contributed by atoms with Crippen molar-refractivity contribution < 1.29 is 14.3 Å². The minimum absolute atomic E-state index is 0.0579. The van der Waals surface area contributed by atoms with Gasteiger partial charge in [0, 0.05) is 14.7 Å². The zero-order chi connectivity index (χ0) is 16.7. The summed E-state index contributed by atoms with van der Waals surface area (Å²) in [4.78, 5) is 16.2. The Balaban J connectivity index is 2.27. The Morgan fingerprint density at radius 2 is 2.04 bits per heavy atom. The van der Waals surface area contributed by atoms with Gasteiger partial charge in [-0.3, -0.25) is 0 Å². The number of nitrogens with zero attached hydrogens (tertiary/aromatic N) is 3. The van der Waals surface area contributed by atoms with Gasteiger partial charge >= 0.3 is 5.97 Å². The topological polar surface area (TPSA) is 84.3 Å². The van der Waals surface area contributed by atoms with Crippen LogP contribution in [0.3, 0.4) is 0 Å². The van der Waals surface area contributed by atoms with Crippen molar-refractivity contribution in [2.75, 3.05) is 13.7 Å². The molecule has 0 aliphatic rings. The fourth-order valence-corrected chi connectivity index (χ4v) is 2.81. The maximum Gasteiger partial charge on any atom is 0.340 e. The van der Waals surface area contributed by atoms with E-state index < -0.39 is 5.97 Å². The second-order valence-corrected chi connectivity index (χ2v) is 5.49. The molecular formula is C16H15N3O3S. The molecule has 2 aromatic rings. The Bertz CT molecular complexity index is 759. The van der Waals surface area contributed by atoms with E-state index >= 15 is 0 Å². The minimum Gasteiger partial charge on any atom is -0.497 e. The van der Waals surface area contributed by atoms with E-state index in [1.165, 1.54) is 17.4 Å². The molecule has 0 amide bonds. The molecule has 7 heteroatoms. The molecule has 0 radical (unpaired) electrons. The fourth-order valence-electron chi connectivity index (χ4n) is 1.86. The molecular weight excluding hydrogens is 314 g/mol. The smallest absolute Gasteiger partial charge is 0.340 e. The average molecular weight is 329 g/mol. The van der Waals surface area contributed by atoms with Crippen LogP contribution in [0.25, 0.3) is 27.0 Å². The molecule has 0 aliphatic heterocycles. The highest BCUT2D eigenvalue weighted by Gasteiger charge is 2.10. The summed E-state index contributed by atoms with van der Waals surface area (Å²) in [5, 5.41) is 3.40. The van der Waals surface area contributed by atoms with Gasteiger partial charge in [0.1, 0.15) is 11.4 Å². The molecule has 0 N–H and O–H groups in total. The van der Waals surface area contributed by atoms with E-state index in [9.17, 15) is 4.79 Å². The van der Waals surface area contributed by atoms with Gasteiger partial charge in [0.2, 0.25) is 0 Å². The zero-order valence-electron chi connectivity index (χ0n) is 12.7. The maximum atomic E-state index is 11.7. The third-order valence-corrected chi connectivity index (χ3v) is 4.00. The fraction of sp³-hybridized carbons (Fsp3) is 0.188. The summed E-state index contributed by atoms with van der Waals surface area (Å²) in [6.45, 7) is 1.91. The van der Waals surface area contributed by atoms with E-state index in [1.54, 1.807) is 14.0 Å². The Hall–Kier alpha value is -2.76. The van der Waals surface area contributed by atoms with Crippen molar-refractivity contribution in [3.63, 3.8) is 0 Å². The molecule has 6 nitrogen and oxygen atoms in total. The van der Waals surface area contributed by atoms with Crippen LogP contribution in [0.15, 0.2) is 47.2 Å². The van der Waals surface area contributed by atoms with Crippen molar-refractivity contribution in [1.29, 1.82) is 0 Å². The van der Waals surface area contributed by atoms with Crippen molar-refractivity contribution in [1.82, 2.24) is 0 Å². The van der Waals surface area contributed by atoms with Gasteiger partial charge in [-0.1, -0.05) is 5.11 Å². The summed E-state index contributed by atoms with van der Waals surface area (Å²) in [7, 11) is 1.62. The molecule has 1 heterocycles. The van der Waals surface area contributed by atoms with Crippen LogP contribution < -0.4 is 4.74 Å². The lowest BCUT2D eigenvalue weighted by molar-refractivity contribution is -0.138. The van der Waals surface area contributed by atoms with Crippen LogP contribution in [0.2, 0.25) is 0 Å². The summed E-state index contributed by atoms with van der Waals surface area (Å²) < 4.78 is 10.00. The molecule has 0 unspecified atom stereocenters. The molecule has 1 aromatic heterocycles. The number of methoxy groups -OCH3 is 1. The number of hydrogen-bond donors (Lipinski definition) is 0. The van der Waals surface area contributed by atoms with Crippen molar-refractivity contribution in [2.24, 2.45) is 5.11 Å². The van der Waals surface area contributed by atoms with Gasteiger partial charge in [-0.2, -0.15) is 0 Å². The van der Waals surface area contributed by atoms with Gasteiger partial charge in [0.25, 0.3) is 0 Å². The van der Waals surface area contributed by atoms with Gasteiger partial charge < -0.3 is 9.47 Å². The van der Waals surface area contributed by atoms with Gasteiger partial charge in [0.05, 0.1) is 13.7 Å². The number of rotatable bonds is 6.